The van der Waals surface area contributed by atoms with Crippen LogP contribution in [0.25, 0.3) is 0 Å². The highest BCUT2D eigenvalue weighted by Crippen LogP contribution is 2.43. The first-order valence-corrected chi connectivity index (χ1v) is 7.15. The third kappa shape index (κ3) is 2.77. The normalized spacial score (nSPS) is 13.1. The third-order valence-corrected chi connectivity index (χ3v) is 6.55. The van der Waals surface area contributed by atoms with E-state index in [9.17, 15) is 4.39 Å². The molecule has 0 aliphatic rings. The van der Waals surface area contributed by atoms with Crippen LogP contribution in [0, 0.1) is 0 Å². The smallest absolute Gasteiger partial charge is 0.181 e. The summed E-state index contributed by atoms with van der Waals surface area (Å²) in [5.41, 5.74) is 0.543. The minimum Gasteiger partial charge on any atom is -0.230 e. The molecule has 1 atom stereocenters. The fourth-order valence-electron chi connectivity index (χ4n) is 0.750. The summed E-state index contributed by atoms with van der Waals surface area (Å²) in [6, 6.07) is 1.71. The number of alkyl halides is 2. The largest absolute Gasteiger partial charge is 0.230 e. The Morgan fingerprint density at radius 3 is 2.00 bits per heavy atom. The Balaban J connectivity index is 3.41. The van der Waals surface area contributed by atoms with Crippen molar-refractivity contribution in [3.05, 3.63) is 29.5 Å². The molecule has 0 heterocycles. The van der Waals surface area contributed by atoms with E-state index >= 15 is 0 Å². The van der Waals surface area contributed by atoms with E-state index in [2.05, 4.69) is 79.6 Å². The van der Waals surface area contributed by atoms with Gasteiger partial charge < -0.3 is 0 Å². The summed E-state index contributed by atoms with van der Waals surface area (Å²) in [5, 5.41) is -1.18. The van der Waals surface area contributed by atoms with Crippen LogP contribution in [0.1, 0.15) is 10.6 Å². The van der Waals surface area contributed by atoms with Crippen molar-refractivity contribution in [3.63, 3.8) is 0 Å². The maximum atomic E-state index is 13.0. The first kappa shape index (κ1) is 12.6. The molecule has 6 heteroatoms. The van der Waals surface area contributed by atoms with E-state index in [0.717, 1.165) is 13.4 Å². The Morgan fingerprint density at radius 2 is 1.54 bits per heavy atom. The van der Waals surface area contributed by atoms with Gasteiger partial charge >= 0.3 is 0 Å². The zero-order valence-corrected chi connectivity index (χ0v) is 13.9. The van der Waals surface area contributed by atoms with Gasteiger partial charge in [0.05, 0.1) is 0 Å². The van der Waals surface area contributed by atoms with Gasteiger partial charge in [-0.05, 0) is 85.7 Å². The highest BCUT2D eigenvalue weighted by molar-refractivity contribution is 9.15. The van der Waals surface area contributed by atoms with Crippen molar-refractivity contribution in [2.75, 3.05) is 0 Å². The molecule has 0 nitrogen and oxygen atoms in total. The van der Waals surface area contributed by atoms with Gasteiger partial charge in [0, 0.05) is 23.5 Å². The first-order chi connectivity index (χ1) is 5.95. The number of rotatable bonds is 1. The van der Waals surface area contributed by atoms with Gasteiger partial charge in [0.1, 0.15) is 0 Å². The lowest BCUT2D eigenvalue weighted by molar-refractivity contribution is 0.477. The van der Waals surface area contributed by atoms with E-state index in [4.69, 9.17) is 0 Å². The van der Waals surface area contributed by atoms with Gasteiger partial charge in [-0.1, -0.05) is 0 Å². The minimum absolute atomic E-state index is 0.543. The average Bonchev–Trinajstić information content (AvgIpc) is 2.07. The number of hydrogen-bond donors (Lipinski definition) is 0. The molecule has 0 fully saturated rings. The van der Waals surface area contributed by atoms with Crippen LogP contribution in [0.3, 0.4) is 0 Å². The van der Waals surface area contributed by atoms with Crippen molar-refractivity contribution >= 4 is 79.6 Å². The molecule has 0 aliphatic carbocycles. The van der Waals surface area contributed by atoms with Crippen LogP contribution in [0.4, 0.5) is 4.39 Å². The molecular weight excluding hydrogens is 503 g/mol. The SMILES string of the molecule is FC(Br)c1cc(Br)c(Br)c(Br)c1Br. The van der Waals surface area contributed by atoms with E-state index in [1.807, 2.05) is 0 Å². The van der Waals surface area contributed by atoms with Crippen LogP contribution in [0.15, 0.2) is 24.0 Å². The summed E-state index contributed by atoms with van der Waals surface area (Å²) >= 11 is 16.2. The van der Waals surface area contributed by atoms with Crippen molar-refractivity contribution in [2.45, 2.75) is 5.08 Å². The predicted molar refractivity (Wildman–Crippen MR) is 70.0 cm³/mol. The van der Waals surface area contributed by atoms with E-state index < -0.39 is 5.08 Å². The van der Waals surface area contributed by atoms with E-state index in [-0.39, 0.29) is 0 Å². The van der Waals surface area contributed by atoms with Gasteiger partial charge in [0.15, 0.2) is 5.08 Å². The summed E-state index contributed by atoms with van der Waals surface area (Å²) in [6.07, 6.45) is 0. The van der Waals surface area contributed by atoms with Gasteiger partial charge in [0.25, 0.3) is 0 Å². The second-order valence-corrected chi connectivity index (χ2v) is 6.23. The fraction of sp³-hybridized carbons (Fsp3) is 0.143. The number of hydrogen-bond acceptors (Lipinski definition) is 0. The number of benzene rings is 1. The maximum absolute atomic E-state index is 13.0. The molecule has 0 saturated heterocycles. The molecule has 1 aromatic carbocycles. The molecule has 0 saturated carbocycles. The molecule has 1 aromatic rings. The number of halogens is 6. The van der Waals surface area contributed by atoms with Crippen molar-refractivity contribution in [3.8, 4) is 0 Å². The topological polar surface area (TPSA) is 0 Å². The molecule has 13 heavy (non-hydrogen) atoms. The van der Waals surface area contributed by atoms with Crippen LogP contribution < -0.4 is 0 Å². The lowest BCUT2D eigenvalue weighted by Gasteiger charge is -2.09. The highest BCUT2D eigenvalue weighted by Gasteiger charge is 2.16. The maximum Gasteiger partial charge on any atom is 0.181 e. The van der Waals surface area contributed by atoms with Crippen LogP contribution in [-0.4, -0.2) is 0 Å². The summed E-state index contributed by atoms with van der Waals surface area (Å²) in [4.78, 5) is 0. The molecule has 1 unspecified atom stereocenters. The van der Waals surface area contributed by atoms with Gasteiger partial charge in [-0.15, -0.1) is 0 Å². The molecular formula is C7H2Br5F. The van der Waals surface area contributed by atoms with E-state index in [0.29, 0.717) is 10.0 Å². The highest BCUT2D eigenvalue weighted by atomic mass is 79.9. The lowest BCUT2D eigenvalue weighted by atomic mass is 10.2. The Hall–Kier alpha value is 1.55. The minimum atomic E-state index is -1.18. The molecule has 0 radical (unpaired) electrons. The zero-order valence-electron chi connectivity index (χ0n) is 5.92. The van der Waals surface area contributed by atoms with Crippen LogP contribution in [0.2, 0.25) is 0 Å². The third-order valence-electron chi connectivity index (χ3n) is 1.37. The lowest BCUT2D eigenvalue weighted by Crippen LogP contribution is -1.88. The van der Waals surface area contributed by atoms with Crippen molar-refractivity contribution in [2.24, 2.45) is 0 Å². The van der Waals surface area contributed by atoms with Gasteiger partial charge in [-0.25, -0.2) is 4.39 Å². The quantitative estimate of drug-likeness (QED) is 0.246. The van der Waals surface area contributed by atoms with Gasteiger partial charge in [0.2, 0.25) is 0 Å². The molecule has 0 amide bonds. The molecule has 0 spiro atoms. The molecule has 0 aliphatic heterocycles. The fourth-order valence-corrected chi connectivity index (χ4v) is 3.66. The Kier molecular flexibility index (Phi) is 4.91. The molecule has 1 rings (SSSR count). The standard InChI is InChI=1S/C7H2Br5F/c8-3-1-2(7(12)13)4(9)6(11)5(3)10/h1,7H. The molecule has 0 bridgehead atoms. The predicted octanol–water partition coefficient (Wildman–Crippen LogP) is 6.10. The van der Waals surface area contributed by atoms with Crippen LogP contribution >= 0.6 is 79.6 Å². The van der Waals surface area contributed by atoms with Gasteiger partial charge in [-0.2, -0.15) is 0 Å². The second kappa shape index (κ2) is 5.05. The Labute approximate surface area is 117 Å². The van der Waals surface area contributed by atoms with Crippen molar-refractivity contribution in [1.29, 1.82) is 0 Å². The second-order valence-electron chi connectivity index (χ2n) is 2.19. The first-order valence-electron chi connectivity index (χ1n) is 3.06. The monoisotopic (exact) mass is 500 g/mol. The summed E-state index contributed by atoms with van der Waals surface area (Å²) in [7, 11) is 0. The average molecular weight is 505 g/mol. The van der Waals surface area contributed by atoms with E-state index in [1.54, 1.807) is 6.07 Å². The Bertz CT molecular complexity index is 336. The van der Waals surface area contributed by atoms with Crippen molar-refractivity contribution in [1.82, 2.24) is 0 Å². The molecule has 72 valence electrons. The summed E-state index contributed by atoms with van der Waals surface area (Å²) < 4.78 is 16.2. The molecule has 0 aromatic heterocycles. The summed E-state index contributed by atoms with van der Waals surface area (Å²) in [5.74, 6) is 0. The van der Waals surface area contributed by atoms with E-state index in [1.165, 1.54) is 0 Å². The summed E-state index contributed by atoms with van der Waals surface area (Å²) in [6.45, 7) is 0. The Morgan fingerprint density at radius 1 is 1.00 bits per heavy atom. The van der Waals surface area contributed by atoms with Gasteiger partial charge in [-0.3, -0.25) is 0 Å². The zero-order chi connectivity index (χ0) is 10.2. The molecule has 0 N–H and O–H groups in total. The van der Waals surface area contributed by atoms with Crippen molar-refractivity contribution < 1.29 is 4.39 Å². The van der Waals surface area contributed by atoms with Crippen LogP contribution in [-0.2, 0) is 0 Å². The van der Waals surface area contributed by atoms with Crippen LogP contribution in [0.5, 0.6) is 0 Å².